The fraction of sp³-hybridized carbons (Fsp3) is 0.481. The Labute approximate surface area is 226 Å². The normalized spacial score (nSPS) is 17.5. The van der Waals surface area contributed by atoms with E-state index >= 15 is 0 Å². The molecule has 1 saturated carbocycles. The summed E-state index contributed by atoms with van der Waals surface area (Å²) in [5.74, 6) is -0.549. The third-order valence-corrected chi connectivity index (χ3v) is 12.0. The van der Waals surface area contributed by atoms with Crippen LogP contribution in [-0.4, -0.2) is 47.4 Å². The molecule has 208 valence electrons. The molecule has 0 saturated heterocycles. The van der Waals surface area contributed by atoms with Crippen LogP contribution in [0.5, 0.6) is 0 Å². The number of amides is 3. The Kier molecular flexibility index (Phi) is 6.36. The maximum Gasteiger partial charge on any atom is 0.436 e. The van der Waals surface area contributed by atoms with Crippen molar-refractivity contribution in [3.8, 4) is 0 Å². The van der Waals surface area contributed by atoms with Gasteiger partial charge in [0.25, 0.3) is 0 Å². The molecule has 12 heteroatoms. The van der Waals surface area contributed by atoms with Gasteiger partial charge in [-0.25, -0.2) is 14.0 Å². The number of fused-ring (bicyclic) bond motifs is 2. The lowest BCUT2D eigenvalue weighted by Crippen LogP contribution is -2.52. The molecule has 0 radical (unpaired) electrons. The summed E-state index contributed by atoms with van der Waals surface area (Å²) in [7, 11) is -1.91. The van der Waals surface area contributed by atoms with Crippen LogP contribution in [0.1, 0.15) is 51.3 Å². The number of ether oxygens (including phenoxy) is 1. The second-order valence-corrected chi connectivity index (χ2v) is 17.2. The van der Waals surface area contributed by atoms with Gasteiger partial charge in [-0.15, -0.1) is 4.68 Å². The monoisotopic (exact) mass is 555 g/mol. The van der Waals surface area contributed by atoms with Crippen molar-refractivity contribution in [3.05, 3.63) is 41.5 Å². The van der Waals surface area contributed by atoms with Crippen LogP contribution >= 0.6 is 0 Å². The highest BCUT2D eigenvalue weighted by molar-refractivity contribution is 6.83. The number of rotatable bonds is 5. The molecular formula is C27H34FN5O5Si. The summed E-state index contributed by atoms with van der Waals surface area (Å²) in [6, 6.07) is 3.95. The van der Waals surface area contributed by atoms with Crippen molar-refractivity contribution < 1.29 is 27.9 Å². The topological polar surface area (TPSA) is 119 Å². The van der Waals surface area contributed by atoms with E-state index in [9.17, 15) is 18.8 Å². The molecule has 1 aliphatic carbocycles. The number of aromatic nitrogens is 2. The van der Waals surface area contributed by atoms with Gasteiger partial charge >= 0.3 is 12.1 Å². The van der Waals surface area contributed by atoms with Crippen LogP contribution in [0.15, 0.2) is 28.9 Å². The summed E-state index contributed by atoms with van der Waals surface area (Å²) < 4.78 is 26.4. The van der Waals surface area contributed by atoms with Gasteiger partial charge in [0.2, 0.25) is 5.91 Å². The molecule has 3 aromatic rings. The largest absolute Gasteiger partial charge is 0.462 e. The Morgan fingerprint density at radius 1 is 1.15 bits per heavy atom. The first kappa shape index (κ1) is 26.9. The number of nitrogens with zero attached hydrogens (tertiary/aromatic N) is 3. The van der Waals surface area contributed by atoms with Crippen molar-refractivity contribution in [2.24, 2.45) is 0 Å². The second kappa shape index (κ2) is 9.21. The van der Waals surface area contributed by atoms with Crippen molar-refractivity contribution in [3.63, 3.8) is 0 Å². The zero-order valence-corrected chi connectivity index (χ0v) is 24.1. The van der Waals surface area contributed by atoms with Gasteiger partial charge in [-0.1, -0.05) is 26.1 Å². The van der Waals surface area contributed by atoms with Crippen LogP contribution in [0.4, 0.5) is 25.5 Å². The molecule has 0 atom stereocenters. The lowest BCUT2D eigenvalue weighted by atomic mass is 9.83. The summed E-state index contributed by atoms with van der Waals surface area (Å²) >= 11 is 0. The minimum Gasteiger partial charge on any atom is -0.462 e. The molecule has 1 aliphatic heterocycles. The zero-order chi connectivity index (χ0) is 28.3. The van der Waals surface area contributed by atoms with Gasteiger partial charge in [0.1, 0.15) is 11.5 Å². The van der Waals surface area contributed by atoms with Crippen molar-refractivity contribution in [1.82, 2.24) is 14.7 Å². The number of hydrogen-bond donors (Lipinski definition) is 2. The predicted octanol–water partition coefficient (Wildman–Crippen LogP) is 6.26. The minimum atomic E-state index is -1.91. The Hall–Kier alpha value is -3.67. The van der Waals surface area contributed by atoms with Gasteiger partial charge in [-0.3, -0.25) is 4.79 Å². The van der Waals surface area contributed by atoms with Crippen LogP contribution < -0.4 is 10.6 Å². The smallest absolute Gasteiger partial charge is 0.436 e. The number of furan rings is 1. The average Bonchev–Trinajstić information content (AvgIpc) is 3.49. The third kappa shape index (κ3) is 4.12. The summed E-state index contributed by atoms with van der Waals surface area (Å²) in [6.45, 7) is 12.0. The molecule has 0 unspecified atom stereocenters. The Morgan fingerprint density at radius 3 is 2.49 bits per heavy atom. The van der Waals surface area contributed by atoms with E-state index in [2.05, 4.69) is 35.4 Å². The highest BCUT2D eigenvalue weighted by Crippen LogP contribution is 2.56. The highest BCUT2D eigenvalue weighted by Gasteiger charge is 2.54. The van der Waals surface area contributed by atoms with Crippen molar-refractivity contribution in [2.75, 3.05) is 17.2 Å². The van der Waals surface area contributed by atoms with E-state index in [-0.39, 0.29) is 36.1 Å². The first-order valence-electron chi connectivity index (χ1n) is 13.2. The zero-order valence-electron chi connectivity index (χ0n) is 23.1. The van der Waals surface area contributed by atoms with Gasteiger partial charge in [-0.05, 0) is 51.8 Å². The van der Waals surface area contributed by atoms with E-state index in [0.29, 0.717) is 16.6 Å². The van der Waals surface area contributed by atoms with Crippen LogP contribution in [0, 0.1) is 5.82 Å². The van der Waals surface area contributed by atoms with Crippen LogP contribution in [0.25, 0.3) is 11.0 Å². The molecule has 0 spiro atoms. The maximum atomic E-state index is 14.7. The van der Waals surface area contributed by atoms with E-state index in [4.69, 9.17) is 9.15 Å². The van der Waals surface area contributed by atoms with Crippen molar-refractivity contribution in [1.29, 1.82) is 0 Å². The molecule has 3 heterocycles. The first-order chi connectivity index (χ1) is 18.3. The van der Waals surface area contributed by atoms with E-state index in [1.165, 1.54) is 17.2 Å². The summed E-state index contributed by atoms with van der Waals surface area (Å²) in [4.78, 5) is 41.6. The number of carbonyl (C=O) groups excluding carboxylic acids is 3. The number of carbonyl (C=O) groups is 3. The van der Waals surface area contributed by atoms with Gasteiger partial charge in [0.15, 0.2) is 11.4 Å². The molecule has 5 rings (SSSR count). The Bertz CT molecular complexity index is 1480. The molecule has 10 nitrogen and oxygen atoms in total. The SMILES string of the molecule is CCOC(=O)n1nc2c(c1NC(=O)C1([Si](C)(C)C)CCC1)CN(C(=O)Nc1c(F)ccc3ccoc13)C2(C)C. The summed E-state index contributed by atoms with van der Waals surface area (Å²) in [5.41, 5.74) is 0.175. The van der Waals surface area contributed by atoms with Crippen molar-refractivity contribution in [2.45, 2.75) is 76.8 Å². The average molecular weight is 556 g/mol. The molecule has 2 aromatic heterocycles. The van der Waals surface area contributed by atoms with E-state index in [0.717, 1.165) is 23.9 Å². The minimum absolute atomic E-state index is 0.0406. The number of hydrogen-bond acceptors (Lipinski definition) is 6. The third-order valence-electron chi connectivity index (χ3n) is 8.35. The van der Waals surface area contributed by atoms with Gasteiger partial charge < -0.3 is 24.7 Å². The Balaban J connectivity index is 1.50. The molecule has 1 fully saturated rings. The molecule has 2 N–H and O–H groups in total. The molecule has 39 heavy (non-hydrogen) atoms. The molecule has 1 aromatic carbocycles. The van der Waals surface area contributed by atoms with E-state index in [1.54, 1.807) is 32.9 Å². The summed E-state index contributed by atoms with van der Waals surface area (Å²) in [6.07, 6.45) is 3.30. The van der Waals surface area contributed by atoms with Gasteiger partial charge in [-0.2, -0.15) is 5.10 Å². The van der Waals surface area contributed by atoms with Crippen molar-refractivity contribution >= 4 is 48.6 Å². The predicted molar refractivity (Wildman–Crippen MR) is 147 cm³/mol. The molecular weight excluding hydrogens is 521 g/mol. The number of benzene rings is 1. The van der Waals surface area contributed by atoms with E-state index < -0.39 is 36.6 Å². The van der Waals surface area contributed by atoms with Gasteiger partial charge in [0, 0.05) is 16.0 Å². The number of halogens is 1. The van der Waals surface area contributed by atoms with Gasteiger partial charge in [0.05, 0.1) is 38.7 Å². The van der Waals surface area contributed by atoms with Crippen LogP contribution in [0.3, 0.4) is 0 Å². The molecule has 3 amide bonds. The highest BCUT2D eigenvalue weighted by atomic mass is 28.3. The quantitative estimate of drug-likeness (QED) is 0.359. The number of nitrogens with one attached hydrogen (secondary N) is 2. The van der Waals surface area contributed by atoms with Crippen LogP contribution in [0.2, 0.25) is 24.7 Å². The standard InChI is InChI=1S/C27H34FN5O5Si/c1-7-37-25(36)33-22(30-23(34)27(12-8-13-27)39(4,5)6)17-15-32(26(2,3)21(17)31-33)24(35)29-19-18(28)10-9-16-11-14-38-20(16)19/h9-11,14H,7-8,12-13,15H2,1-6H3,(H,29,35)(H,30,34). The summed E-state index contributed by atoms with van der Waals surface area (Å²) in [5, 5.41) is 10.4. The number of anilines is 2. The fourth-order valence-electron chi connectivity index (χ4n) is 5.72. The molecule has 2 aliphatic rings. The second-order valence-electron chi connectivity index (χ2n) is 11.8. The Morgan fingerprint density at radius 2 is 1.87 bits per heavy atom. The van der Waals surface area contributed by atoms with E-state index in [1.807, 2.05) is 0 Å². The van der Waals surface area contributed by atoms with Crippen LogP contribution in [-0.2, 0) is 21.6 Å². The lowest BCUT2D eigenvalue weighted by Gasteiger charge is -2.48. The molecule has 0 bridgehead atoms. The lowest BCUT2D eigenvalue weighted by molar-refractivity contribution is -0.121. The fourth-order valence-corrected chi connectivity index (χ4v) is 8.32. The first-order valence-corrected chi connectivity index (χ1v) is 16.7. The maximum absolute atomic E-state index is 14.7. The number of urea groups is 1.